The molecule has 0 spiro atoms. The second kappa shape index (κ2) is 5.50. The Balaban J connectivity index is 1.76. The first-order chi connectivity index (χ1) is 9.72. The summed E-state index contributed by atoms with van der Waals surface area (Å²) in [6.07, 6.45) is 0. The minimum absolute atomic E-state index is 0.657. The number of aromatic nitrogens is 4. The molecule has 6 heteroatoms. The summed E-state index contributed by atoms with van der Waals surface area (Å²) in [5.74, 6) is 3.00. The Labute approximate surface area is 120 Å². The molecular formula is C14H14N4OS. The van der Waals surface area contributed by atoms with Gasteiger partial charge in [0.15, 0.2) is 0 Å². The molecule has 0 fully saturated rings. The fraction of sp³-hybridized carbons (Fsp3) is 0.214. The van der Waals surface area contributed by atoms with E-state index in [4.69, 9.17) is 4.42 Å². The molecule has 0 bridgehead atoms. The van der Waals surface area contributed by atoms with Gasteiger partial charge in [0.05, 0.1) is 5.69 Å². The van der Waals surface area contributed by atoms with Crippen molar-refractivity contribution in [1.29, 1.82) is 0 Å². The molecule has 0 aliphatic rings. The number of aryl methyl sites for hydroxylation is 2. The molecule has 3 rings (SSSR count). The lowest BCUT2D eigenvalue weighted by molar-refractivity contribution is 0.540. The van der Waals surface area contributed by atoms with Crippen molar-refractivity contribution >= 4 is 11.8 Å². The van der Waals surface area contributed by atoms with Gasteiger partial charge in [-0.05, 0) is 26.0 Å². The van der Waals surface area contributed by atoms with Gasteiger partial charge in [-0.1, -0.05) is 30.0 Å². The molecule has 0 unspecified atom stereocenters. The third-order valence-corrected chi connectivity index (χ3v) is 3.69. The molecule has 0 aliphatic heterocycles. The number of H-pyrrole nitrogens is 1. The Bertz CT molecular complexity index is 705. The predicted octanol–water partition coefficient (Wildman–Crippen LogP) is 3.37. The summed E-state index contributed by atoms with van der Waals surface area (Å²) < 4.78 is 5.72. The molecule has 20 heavy (non-hydrogen) atoms. The Morgan fingerprint density at radius 1 is 1.15 bits per heavy atom. The molecule has 0 saturated carbocycles. The van der Waals surface area contributed by atoms with Crippen LogP contribution in [0.4, 0.5) is 0 Å². The van der Waals surface area contributed by atoms with Gasteiger partial charge in [0.25, 0.3) is 0 Å². The quantitative estimate of drug-likeness (QED) is 0.745. The minimum Gasteiger partial charge on any atom is -0.441 e. The van der Waals surface area contributed by atoms with Gasteiger partial charge in [-0.25, -0.2) is 9.97 Å². The number of aromatic amines is 1. The van der Waals surface area contributed by atoms with Gasteiger partial charge in [-0.2, -0.15) is 0 Å². The summed E-state index contributed by atoms with van der Waals surface area (Å²) in [6.45, 7) is 3.81. The van der Waals surface area contributed by atoms with Crippen LogP contribution >= 0.6 is 11.8 Å². The van der Waals surface area contributed by atoms with E-state index in [1.54, 1.807) is 11.8 Å². The first-order valence-corrected chi connectivity index (χ1v) is 7.24. The molecule has 5 nitrogen and oxygen atoms in total. The van der Waals surface area contributed by atoms with Crippen LogP contribution in [0.5, 0.6) is 0 Å². The van der Waals surface area contributed by atoms with E-state index in [9.17, 15) is 0 Å². The Hall–Kier alpha value is -2.08. The highest BCUT2D eigenvalue weighted by Crippen LogP contribution is 2.25. The van der Waals surface area contributed by atoms with Gasteiger partial charge in [0.1, 0.15) is 11.6 Å². The number of hydrogen-bond acceptors (Lipinski definition) is 5. The van der Waals surface area contributed by atoms with Crippen LogP contribution in [-0.4, -0.2) is 20.2 Å². The molecule has 102 valence electrons. The van der Waals surface area contributed by atoms with Gasteiger partial charge in [0, 0.05) is 11.3 Å². The maximum atomic E-state index is 5.72. The van der Waals surface area contributed by atoms with E-state index < -0.39 is 0 Å². The lowest BCUT2D eigenvalue weighted by Crippen LogP contribution is -1.85. The van der Waals surface area contributed by atoms with E-state index in [1.165, 1.54) is 0 Å². The van der Waals surface area contributed by atoms with Gasteiger partial charge in [0.2, 0.25) is 11.0 Å². The monoisotopic (exact) mass is 286 g/mol. The standard InChI is InChI=1S/C14H14N4OS/c1-9-12(8-20-14-15-10(2)17-18-14)16-13(19-9)11-6-4-3-5-7-11/h3-7H,8H2,1-2H3,(H,15,17,18). The van der Waals surface area contributed by atoms with Crippen LogP contribution in [0.25, 0.3) is 11.5 Å². The summed E-state index contributed by atoms with van der Waals surface area (Å²) in [5.41, 5.74) is 1.91. The van der Waals surface area contributed by atoms with Crippen molar-refractivity contribution < 1.29 is 4.42 Å². The van der Waals surface area contributed by atoms with E-state index >= 15 is 0 Å². The van der Waals surface area contributed by atoms with E-state index in [2.05, 4.69) is 20.2 Å². The summed E-state index contributed by atoms with van der Waals surface area (Å²) in [5, 5.41) is 7.65. The number of benzene rings is 1. The first kappa shape index (κ1) is 12.9. The highest BCUT2D eigenvalue weighted by Gasteiger charge is 2.12. The van der Waals surface area contributed by atoms with E-state index in [1.807, 2.05) is 44.2 Å². The molecule has 0 saturated heterocycles. The lowest BCUT2D eigenvalue weighted by Gasteiger charge is -1.93. The second-order valence-electron chi connectivity index (χ2n) is 4.38. The first-order valence-electron chi connectivity index (χ1n) is 6.26. The second-order valence-corrected chi connectivity index (χ2v) is 5.32. The maximum Gasteiger partial charge on any atom is 0.226 e. The van der Waals surface area contributed by atoms with Crippen molar-refractivity contribution in [3.05, 3.63) is 47.6 Å². The number of nitrogens with zero attached hydrogens (tertiary/aromatic N) is 3. The highest BCUT2D eigenvalue weighted by molar-refractivity contribution is 7.98. The fourth-order valence-electron chi connectivity index (χ4n) is 1.79. The zero-order chi connectivity index (χ0) is 13.9. The summed E-state index contributed by atoms with van der Waals surface area (Å²) in [4.78, 5) is 8.81. The van der Waals surface area contributed by atoms with Crippen LogP contribution in [0.1, 0.15) is 17.3 Å². The third kappa shape index (κ3) is 2.75. The normalized spacial score (nSPS) is 10.9. The van der Waals surface area contributed by atoms with Gasteiger partial charge < -0.3 is 4.42 Å². The van der Waals surface area contributed by atoms with Crippen molar-refractivity contribution in [3.8, 4) is 11.5 Å². The van der Waals surface area contributed by atoms with Gasteiger partial charge in [-0.3, -0.25) is 5.10 Å². The van der Waals surface area contributed by atoms with Crippen LogP contribution < -0.4 is 0 Å². The number of nitrogens with one attached hydrogen (secondary N) is 1. The molecule has 3 aromatic rings. The molecular weight excluding hydrogens is 272 g/mol. The van der Waals surface area contributed by atoms with Crippen LogP contribution in [-0.2, 0) is 5.75 Å². The van der Waals surface area contributed by atoms with E-state index in [-0.39, 0.29) is 0 Å². The molecule has 0 amide bonds. The molecule has 1 aromatic carbocycles. The Kier molecular flexibility index (Phi) is 3.56. The van der Waals surface area contributed by atoms with Crippen molar-refractivity contribution in [2.75, 3.05) is 0 Å². The highest BCUT2D eigenvalue weighted by atomic mass is 32.2. The molecule has 0 radical (unpaired) electrons. The predicted molar refractivity (Wildman–Crippen MR) is 77.4 cm³/mol. The van der Waals surface area contributed by atoms with Crippen LogP contribution in [0.15, 0.2) is 39.9 Å². The average Bonchev–Trinajstić information content (AvgIpc) is 3.04. The van der Waals surface area contributed by atoms with Crippen molar-refractivity contribution in [3.63, 3.8) is 0 Å². The zero-order valence-electron chi connectivity index (χ0n) is 11.3. The van der Waals surface area contributed by atoms with Crippen LogP contribution in [0.3, 0.4) is 0 Å². The van der Waals surface area contributed by atoms with Crippen LogP contribution in [0.2, 0.25) is 0 Å². The molecule has 2 aromatic heterocycles. The topological polar surface area (TPSA) is 67.6 Å². The van der Waals surface area contributed by atoms with E-state index in [0.29, 0.717) is 11.6 Å². The number of oxazole rings is 1. The summed E-state index contributed by atoms with van der Waals surface area (Å²) in [7, 11) is 0. The van der Waals surface area contributed by atoms with Crippen molar-refractivity contribution in [1.82, 2.24) is 20.2 Å². The number of thioether (sulfide) groups is 1. The summed E-state index contributed by atoms with van der Waals surface area (Å²) >= 11 is 1.54. The maximum absolute atomic E-state index is 5.72. The third-order valence-electron chi connectivity index (χ3n) is 2.83. The number of hydrogen-bond donors (Lipinski definition) is 1. The van der Waals surface area contributed by atoms with E-state index in [0.717, 1.165) is 28.0 Å². The Morgan fingerprint density at radius 2 is 1.95 bits per heavy atom. The summed E-state index contributed by atoms with van der Waals surface area (Å²) in [6, 6.07) is 9.89. The average molecular weight is 286 g/mol. The number of rotatable bonds is 4. The van der Waals surface area contributed by atoms with Gasteiger partial charge >= 0.3 is 0 Å². The fourth-order valence-corrected chi connectivity index (χ4v) is 2.63. The minimum atomic E-state index is 0.657. The lowest BCUT2D eigenvalue weighted by atomic mass is 10.2. The largest absolute Gasteiger partial charge is 0.441 e. The van der Waals surface area contributed by atoms with Crippen molar-refractivity contribution in [2.24, 2.45) is 0 Å². The zero-order valence-corrected chi connectivity index (χ0v) is 12.1. The van der Waals surface area contributed by atoms with Crippen molar-refractivity contribution in [2.45, 2.75) is 24.8 Å². The molecule has 0 atom stereocenters. The van der Waals surface area contributed by atoms with Crippen LogP contribution in [0, 0.1) is 13.8 Å². The molecule has 2 heterocycles. The molecule has 1 N–H and O–H groups in total. The Morgan fingerprint density at radius 3 is 2.65 bits per heavy atom. The smallest absolute Gasteiger partial charge is 0.226 e. The molecule has 0 aliphatic carbocycles. The SMILES string of the molecule is Cc1nc(SCc2nc(-c3ccccc3)oc2C)n[nH]1. The van der Waals surface area contributed by atoms with Gasteiger partial charge in [-0.15, -0.1) is 5.10 Å².